The molecule has 1 N–H and O–H groups in total. The number of amides is 1. The number of nitrogens with one attached hydrogen (secondary N) is 1. The van der Waals surface area contributed by atoms with E-state index in [1.54, 1.807) is 0 Å². The van der Waals surface area contributed by atoms with Crippen LogP contribution in [0.2, 0.25) is 0 Å². The molecule has 5 nitrogen and oxygen atoms in total. The van der Waals surface area contributed by atoms with E-state index < -0.39 is 0 Å². The number of nitrogens with zero attached hydrogens (tertiary/aromatic N) is 2. The maximum atomic E-state index is 11.6. The Morgan fingerprint density at radius 2 is 2.19 bits per heavy atom. The molecule has 1 heterocycles. The molecule has 0 bridgehead atoms. The molecule has 0 unspecified atom stereocenters. The number of hydrogen-bond acceptors (Lipinski definition) is 3. The molecule has 0 aliphatic heterocycles. The molecule has 1 amide bonds. The van der Waals surface area contributed by atoms with Gasteiger partial charge in [0.05, 0.1) is 6.33 Å². The van der Waals surface area contributed by atoms with Gasteiger partial charge in [0.25, 0.3) is 5.56 Å². The van der Waals surface area contributed by atoms with Crippen LogP contribution >= 0.6 is 15.9 Å². The second-order valence-electron chi connectivity index (χ2n) is 4.47. The molecule has 6 heteroatoms. The first-order valence-electron chi connectivity index (χ1n) is 4.80. The first kappa shape index (κ1) is 12.9. The number of halogens is 1. The van der Waals surface area contributed by atoms with Crippen LogP contribution < -0.4 is 10.9 Å². The number of hydrogen-bond donors (Lipinski definition) is 1. The molecule has 0 saturated carbocycles. The van der Waals surface area contributed by atoms with Crippen molar-refractivity contribution < 1.29 is 4.79 Å². The zero-order chi connectivity index (χ0) is 12.3. The van der Waals surface area contributed by atoms with E-state index in [-0.39, 0.29) is 23.6 Å². The molecule has 1 rings (SSSR count). The Labute approximate surface area is 102 Å². The lowest BCUT2D eigenvalue weighted by Gasteiger charge is -2.20. The molecule has 1 aromatic heterocycles. The molecule has 0 aliphatic carbocycles. The van der Waals surface area contributed by atoms with Crippen molar-refractivity contribution in [3.05, 3.63) is 27.4 Å². The molecule has 1 aromatic rings. The number of rotatable bonds is 2. The lowest BCUT2D eigenvalue weighted by Crippen LogP contribution is -2.43. The largest absolute Gasteiger partial charge is 0.350 e. The predicted octanol–water partition coefficient (Wildman–Crippen LogP) is 0.920. The molecule has 16 heavy (non-hydrogen) atoms. The van der Waals surface area contributed by atoms with Crippen LogP contribution in [0.3, 0.4) is 0 Å². The average molecular weight is 288 g/mol. The minimum atomic E-state index is -0.305. The van der Waals surface area contributed by atoms with Crippen molar-refractivity contribution >= 4 is 21.8 Å². The van der Waals surface area contributed by atoms with Crippen molar-refractivity contribution in [2.45, 2.75) is 32.9 Å². The predicted molar refractivity (Wildman–Crippen MR) is 64.1 cm³/mol. The summed E-state index contributed by atoms with van der Waals surface area (Å²) in [7, 11) is 0. The van der Waals surface area contributed by atoms with E-state index in [0.717, 1.165) is 0 Å². The van der Waals surface area contributed by atoms with Crippen LogP contribution in [0, 0.1) is 0 Å². The number of carbonyl (C=O) groups excluding carboxylic acids is 1. The molecule has 0 fully saturated rings. The summed E-state index contributed by atoms with van der Waals surface area (Å²) in [5.41, 5.74) is -0.570. The Hall–Kier alpha value is -1.17. The summed E-state index contributed by atoms with van der Waals surface area (Å²) in [4.78, 5) is 27.0. The minimum Gasteiger partial charge on any atom is -0.350 e. The van der Waals surface area contributed by atoms with Crippen molar-refractivity contribution in [2.75, 3.05) is 0 Å². The van der Waals surface area contributed by atoms with Crippen molar-refractivity contribution in [3.63, 3.8) is 0 Å². The van der Waals surface area contributed by atoms with E-state index in [1.807, 2.05) is 20.8 Å². The van der Waals surface area contributed by atoms with E-state index >= 15 is 0 Å². The van der Waals surface area contributed by atoms with Crippen molar-refractivity contribution in [3.8, 4) is 0 Å². The molecule has 0 radical (unpaired) electrons. The highest BCUT2D eigenvalue weighted by Crippen LogP contribution is 2.00. The third-order valence-electron chi connectivity index (χ3n) is 1.69. The van der Waals surface area contributed by atoms with Crippen LogP contribution in [0.1, 0.15) is 20.8 Å². The number of aromatic nitrogens is 2. The van der Waals surface area contributed by atoms with Gasteiger partial charge in [0.15, 0.2) is 0 Å². The van der Waals surface area contributed by atoms with Crippen molar-refractivity contribution in [2.24, 2.45) is 0 Å². The highest BCUT2D eigenvalue weighted by atomic mass is 79.9. The first-order valence-corrected chi connectivity index (χ1v) is 5.60. The van der Waals surface area contributed by atoms with E-state index in [9.17, 15) is 9.59 Å². The fourth-order valence-electron chi connectivity index (χ4n) is 1.15. The minimum absolute atomic E-state index is 0.0253. The summed E-state index contributed by atoms with van der Waals surface area (Å²) in [5.74, 6) is -0.213. The smallest absolute Gasteiger partial charge is 0.268 e. The molecule has 0 saturated heterocycles. The summed E-state index contributed by atoms with van der Waals surface area (Å²) in [6.07, 6.45) is 2.75. The first-order chi connectivity index (χ1) is 7.29. The molecule has 0 aliphatic rings. The Morgan fingerprint density at radius 1 is 1.56 bits per heavy atom. The van der Waals surface area contributed by atoms with Gasteiger partial charge in [0.1, 0.15) is 11.0 Å². The number of carbonyl (C=O) groups is 1. The van der Waals surface area contributed by atoms with E-state index in [2.05, 4.69) is 26.2 Å². The highest BCUT2D eigenvalue weighted by molar-refractivity contribution is 9.10. The standard InChI is InChI=1S/C10H14BrN3O2/c1-10(2,3)13-8(15)5-14-6-12-4-7(11)9(14)16/h4,6H,5H2,1-3H3,(H,13,15). The zero-order valence-corrected chi connectivity index (χ0v) is 11.0. The van der Waals surface area contributed by atoms with Crippen LogP contribution in [-0.2, 0) is 11.3 Å². The fraction of sp³-hybridized carbons (Fsp3) is 0.500. The van der Waals surface area contributed by atoms with Gasteiger partial charge in [-0.15, -0.1) is 0 Å². The van der Waals surface area contributed by atoms with Crippen LogP contribution in [0.4, 0.5) is 0 Å². The van der Waals surface area contributed by atoms with Crippen LogP contribution in [0.25, 0.3) is 0 Å². The monoisotopic (exact) mass is 287 g/mol. The Balaban J connectivity index is 2.78. The van der Waals surface area contributed by atoms with Crippen LogP contribution in [0.15, 0.2) is 21.8 Å². The molecule has 0 atom stereocenters. The molecule has 0 spiro atoms. The summed E-state index contributed by atoms with van der Waals surface area (Å²) in [6.45, 7) is 5.62. The summed E-state index contributed by atoms with van der Waals surface area (Å²) in [5, 5.41) is 2.77. The van der Waals surface area contributed by atoms with Gasteiger partial charge in [0, 0.05) is 11.7 Å². The molecule has 88 valence electrons. The van der Waals surface area contributed by atoms with E-state index in [0.29, 0.717) is 4.47 Å². The summed E-state index contributed by atoms with van der Waals surface area (Å²) < 4.78 is 1.60. The quantitative estimate of drug-likeness (QED) is 0.880. The average Bonchev–Trinajstić information content (AvgIpc) is 2.09. The second-order valence-corrected chi connectivity index (χ2v) is 5.33. The van der Waals surface area contributed by atoms with Crippen molar-refractivity contribution in [1.82, 2.24) is 14.9 Å². The van der Waals surface area contributed by atoms with Gasteiger partial charge in [-0.3, -0.25) is 14.2 Å². The molecule has 0 aromatic carbocycles. The normalized spacial score (nSPS) is 11.2. The zero-order valence-electron chi connectivity index (χ0n) is 9.45. The Kier molecular flexibility index (Phi) is 3.85. The van der Waals surface area contributed by atoms with Gasteiger partial charge in [-0.05, 0) is 36.7 Å². The lowest BCUT2D eigenvalue weighted by atomic mass is 10.1. The summed E-state index contributed by atoms with van der Waals surface area (Å²) >= 11 is 3.07. The van der Waals surface area contributed by atoms with Crippen LogP contribution in [0.5, 0.6) is 0 Å². The van der Waals surface area contributed by atoms with Gasteiger partial charge in [-0.1, -0.05) is 0 Å². The topological polar surface area (TPSA) is 64.0 Å². The van der Waals surface area contributed by atoms with E-state index in [1.165, 1.54) is 17.1 Å². The maximum absolute atomic E-state index is 11.6. The van der Waals surface area contributed by atoms with E-state index in [4.69, 9.17) is 0 Å². The lowest BCUT2D eigenvalue weighted by molar-refractivity contribution is -0.123. The third-order valence-corrected chi connectivity index (χ3v) is 2.23. The molecular weight excluding hydrogens is 274 g/mol. The van der Waals surface area contributed by atoms with Crippen LogP contribution in [-0.4, -0.2) is 21.0 Å². The SMILES string of the molecule is CC(C)(C)NC(=O)Cn1cncc(Br)c1=O. The van der Waals surface area contributed by atoms with Gasteiger partial charge >= 0.3 is 0 Å². The van der Waals surface area contributed by atoms with Crippen molar-refractivity contribution in [1.29, 1.82) is 0 Å². The van der Waals surface area contributed by atoms with Gasteiger partial charge in [-0.2, -0.15) is 0 Å². The Morgan fingerprint density at radius 3 is 2.75 bits per heavy atom. The summed E-state index contributed by atoms with van der Waals surface area (Å²) in [6, 6.07) is 0. The Bertz CT molecular complexity index is 448. The second kappa shape index (κ2) is 4.78. The van der Waals surface area contributed by atoms with Gasteiger partial charge in [0.2, 0.25) is 5.91 Å². The fourth-order valence-corrected chi connectivity index (χ4v) is 1.50. The van der Waals surface area contributed by atoms with Gasteiger partial charge < -0.3 is 5.32 Å². The molecular formula is C10H14BrN3O2. The van der Waals surface area contributed by atoms with Gasteiger partial charge in [-0.25, -0.2) is 4.98 Å². The maximum Gasteiger partial charge on any atom is 0.268 e. The highest BCUT2D eigenvalue weighted by Gasteiger charge is 2.14. The third kappa shape index (κ3) is 3.77.